The highest BCUT2D eigenvalue weighted by Crippen LogP contribution is 2.06. The lowest BCUT2D eigenvalue weighted by Gasteiger charge is -2.08. The van der Waals surface area contributed by atoms with Crippen molar-refractivity contribution in [2.75, 3.05) is 6.61 Å². The molecule has 1 aromatic rings. The second-order valence-corrected chi connectivity index (χ2v) is 2.27. The first-order valence-corrected chi connectivity index (χ1v) is 3.29. The van der Waals surface area contributed by atoms with Crippen LogP contribution in [0.5, 0.6) is 0 Å². The smallest absolute Gasteiger partial charge is 0.119 e. The lowest BCUT2D eigenvalue weighted by molar-refractivity contribution is 0.262. The Morgan fingerprint density at radius 3 is 2.60 bits per heavy atom. The number of nitrogens with zero attached hydrogens (tertiary/aromatic N) is 3. The largest absolute Gasteiger partial charge is 0.396 e. The molecule has 1 atom stereocenters. The van der Waals surface area contributed by atoms with Crippen LogP contribution in [0, 0.1) is 0 Å². The summed E-state index contributed by atoms with van der Waals surface area (Å²) < 4.78 is 1.87. The number of hydrogen-bond donors (Lipinski definition) is 1. The van der Waals surface area contributed by atoms with Gasteiger partial charge in [0.2, 0.25) is 0 Å². The number of aromatic nitrogens is 3. The predicted octanol–water partition coefficient (Wildman–Crippen LogP) is 0.221. The summed E-state index contributed by atoms with van der Waals surface area (Å²) >= 11 is 0. The van der Waals surface area contributed by atoms with Crippen LogP contribution in [0.1, 0.15) is 19.4 Å². The molecule has 4 nitrogen and oxygen atoms in total. The molecule has 0 aliphatic carbocycles. The zero-order valence-electron chi connectivity index (χ0n) is 5.94. The van der Waals surface area contributed by atoms with Gasteiger partial charge in [-0.2, -0.15) is 0 Å². The molecule has 1 heterocycles. The van der Waals surface area contributed by atoms with Gasteiger partial charge in [0.25, 0.3) is 0 Å². The van der Waals surface area contributed by atoms with E-state index in [-0.39, 0.29) is 6.61 Å². The van der Waals surface area contributed by atoms with Crippen molar-refractivity contribution in [3.05, 3.63) is 12.7 Å². The van der Waals surface area contributed by atoms with Gasteiger partial charge >= 0.3 is 0 Å². The van der Waals surface area contributed by atoms with Gasteiger partial charge in [-0.15, -0.1) is 10.2 Å². The first kappa shape index (κ1) is 7.21. The Hall–Kier alpha value is -0.900. The SMILES string of the molecule is CC(CCO)n1cnnc1. The molecular formula is C6H11N3O. The van der Waals surface area contributed by atoms with Crippen LogP contribution >= 0.6 is 0 Å². The number of hydrogen-bond acceptors (Lipinski definition) is 3. The summed E-state index contributed by atoms with van der Waals surface area (Å²) in [5.41, 5.74) is 0. The monoisotopic (exact) mass is 141 g/mol. The van der Waals surface area contributed by atoms with Gasteiger partial charge in [-0.25, -0.2) is 0 Å². The van der Waals surface area contributed by atoms with Crippen molar-refractivity contribution >= 4 is 0 Å². The first-order valence-electron chi connectivity index (χ1n) is 3.29. The average molecular weight is 141 g/mol. The Kier molecular flexibility index (Phi) is 2.39. The van der Waals surface area contributed by atoms with Crippen LogP contribution in [0.4, 0.5) is 0 Å². The summed E-state index contributed by atoms with van der Waals surface area (Å²) in [6, 6.07) is 0.292. The molecule has 4 heteroatoms. The molecular weight excluding hydrogens is 130 g/mol. The van der Waals surface area contributed by atoms with Gasteiger partial charge in [0.1, 0.15) is 12.7 Å². The van der Waals surface area contributed by atoms with E-state index in [0.717, 1.165) is 6.42 Å². The maximum Gasteiger partial charge on any atom is 0.119 e. The Labute approximate surface area is 59.5 Å². The molecule has 0 amide bonds. The summed E-state index contributed by atoms with van der Waals surface area (Å²) in [5.74, 6) is 0. The van der Waals surface area contributed by atoms with E-state index in [0.29, 0.717) is 6.04 Å². The molecule has 0 saturated heterocycles. The van der Waals surface area contributed by atoms with Crippen LogP contribution in [0.3, 0.4) is 0 Å². The van der Waals surface area contributed by atoms with E-state index in [1.807, 2.05) is 11.5 Å². The highest BCUT2D eigenvalue weighted by atomic mass is 16.3. The van der Waals surface area contributed by atoms with Crippen molar-refractivity contribution in [2.24, 2.45) is 0 Å². The second kappa shape index (κ2) is 3.31. The van der Waals surface area contributed by atoms with Crippen LogP contribution in [0.15, 0.2) is 12.7 Å². The topological polar surface area (TPSA) is 50.9 Å². The number of aliphatic hydroxyl groups is 1. The summed E-state index contributed by atoms with van der Waals surface area (Å²) in [5, 5.41) is 15.9. The maximum atomic E-state index is 8.58. The standard InChI is InChI=1S/C6H11N3O/c1-6(2-3-10)9-4-7-8-5-9/h4-6,10H,2-3H2,1H3. The molecule has 56 valence electrons. The van der Waals surface area contributed by atoms with E-state index in [9.17, 15) is 0 Å². The van der Waals surface area contributed by atoms with Gasteiger partial charge in [-0.3, -0.25) is 0 Å². The normalized spacial score (nSPS) is 13.4. The minimum atomic E-state index is 0.208. The minimum Gasteiger partial charge on any atom is -0.396 e. The highest BCUT2D eigenvalue weighted by molar-refractivity contribution is 4.68. The fourth-order valence-corrected chi connectivity index (χ4v) is 0.772. The predicted molar refractivity (Wildman–Crippen MR) is 36.4 cm³/mol. The molecule has 1 aromatic heterocycles. The molecule has 0 aliphatic heterocycles. The van der Waals surface area contributed by atoms with Gasteiger partial charge in [0.15, 0.2) is 0 Å². The first-order chi connectivity index (χ1) is 4.84. The van der Waals surface area contributed by atoms with E-state index in [4.69, 9.17) is 5.11 Å². The Morgan fingerprint density at radius 2 is 2.10 bits per heavy atom. The molecule has 0 bridgehead atoms. The quantitative estimate of drug-likeness (QED) is 0.655. The van der Waals surface area contributed by atoms with E-state index in [1.165, 1.54) is 0 Å². The third kappa shape index (κ3) is 1.54. The zero-order chi connectivity index (χ0) is 7.40. The zero-order valence-corrected chi connectivity index (χ0v) is 5.94. The molecule has 1 N–H and O–H groups in total. The van der Waals surface area contributed by atoms with Gasteiger partial charge in [-0.1, -0.05) is 0 Å². The molecule has 0 spiro atoms. The van der Waals surface area contributed by atoms with Crippen LogP contribution in [-0.2, 0) is 0 Å². The molecule has 0 radical (unpaired) electrons. The highest BCUT2D eigenvalue weighted by Gasteiger charge is 2.01. The fourth-order valence-electron chi connectivity index (χ4n) is 0.772. The van der Waals surface area contributed by atoms with Crippen LogP contribution in [0.2, 0.25) is 0 Å². The van der Waals surface area contributed by atoms with Crippen molar-refractivity contribution in [3.8, 4) is 0 Å². The van der Waals surface area contributed by atoms with E-state index in [1.54, 1.807) is 12.7 Å². The van der Waals surface area contributed by atoms with Gasteiger partial charge in [0, 0.05) is 12.6 Å². The van der Waals surface area contributed by atoms with Crippen molar-refractivity contribution in [2.45, 2.75) is 19.4 Å². The van der Waals surface area contributed by atoms with Crippen LogP contribution in [0.25, 0.3) is 0 Å². The van der Waals surface area contributed by atoms with Gasteiger partial charge in [0.05, 0.1) is 0 Å². The second-order valence-electron chi connectivity index (χ2n) is 2.27. The molecule has 0 aliphatic rings. The third-order valence-electron chi connectivity index (χ3n) is 1.49. The van der Waals surface area contributed by atoms with Gasteiger partial charge in [-0.05, 0) is 13.3 Å². The Balaban J connectivity index is 2.50. The number of aliphatic hydroxyl groups excluding tert-OH is 1. The molecule has 0 saturated carbocycles. The van der Waals surface area contributed by atoms with E-state index < -0.39 is 0 Å². The lowest BCUT2D eigenvalue weighted by Crippen LogP contribution is -2.04. The maximum absolute atomic E-state index is 8.58. The van der Waals surface area contributed by atoms with Crippen molar-refractivity contribution in [1.29, 1.82) is 0 Å². The van der Waals surface area contributed by atoms with Crippen molar-refractivity contribution < 1.29 is 5.11 Å². The lowest BCUT2D eigenvalue weighted by atomic mass is 10.2. The van der Waals surface area contributed by atoms with Crippen LogP contribution in [-0.4, -0.2) is 26.5 Å². The average Bonchev–Trinajstić information content (AvgIpc) is 2.38. The molecule has 10 heavy (non-hydrogen) atoms. The van der Waals surface area contributed by atoms with Crippen LogP contribution < -0.4 is 0 Å². The van der Waals surface area contributed by atoms with Crippen molar-refractivity contribution in [1.82, 2.24) is 14.8 Å². The Morgan fingerprint density at radius 1 is 1.50 bits per heavy atom. The molecule has 0 fully saturated rings. The van der Waals surface area contributed by atoms with Gasteiger partial charge < -0.3 is 9.67 Å². The molecule has 1 unspecified atom stereocenters. The number of rotatable bonds is 3. The summed E-state index contributed by atoms with van der Waals surface area (Å²) in [7, 11) is 0. The molecule has 0 aromatic carbocycles. The summed E-state index contributed by atoms with van der Waals surface area (Å²) in [4.78, 5) is 0. The van der Waals surface area contributed by atoms with Crippen molar-refractivity contribution in [3.63, 3.8) is 0 Å². The summed E-state index contributed by atoms with van der Waals surface area (Å²) in [6.07, 6.45) is 4.05. The third-order valence-corrected chi connectivity index (χ3v) is 1.49. The molecule has 1 rings (SSSR count). The minimum absolute atomic E-state index is 0.208. The Bertz CT molecular complexity index is 173. The summed E-state index contributed by atoms with van der Waals surface area (Å²) in [6.45, 7) is 2.22. The fraction of sp³-hybridized carbons (Fsp3) is 0.667. The van der Waals surface area contributed by atoms with E-state index >= 15 is 0 Å². The van der Waals surface area contributed by atoms with E-state index in [2.05, 4.69) is 10.2 Å².